The molecule has 118 valence electrons. The third-order valence-electron chi connectivity index (χ3n) is 4.11. The number of para-hydroxylation sites is 1. The van der Waals surface area contributed by atoms with Gasteiger partial charge in [-0.25, -0.2) is 0 Å². The summed E-state index contributed by atoms with van der Waals surface area (Å²) in [6, 6.07) is 12.0. The van der Waals surface area contributed by atoms with E-state index in [4.69, 9.17) is 4.98 Å². The number of aromatic nitrogens is 1. The van der Waals surface area contributed by atoms with E-state index in [1.54, 1.807) is 16.2 Å². The third-order valence-corrected chi connectivity index (χ3v) is 4.97. The largest absolute Gasteiger partial charge is 0.337 e. The second-order valence-corrected chi connectivity index (χ2v) is 6.70. The maximum absolute atomic E-state index is 13.1. The first-order valence-electron chi connectivity index (χ1n) is 7.78. The minimum absolute atomic E-state index is 0.0594. The molecule has 1 amide bonds. The van der Waals surface area contributed by atoms with Crippen LogP contribution in [0.3, 0.4) is 0 Å². The van der Waals surface area contributed by atoms with Crippen molar-refractivity contribution >= 4 is 28.1 Å². The minimum Gasteiger partial charge on any atom is -0.337 e. The number of hydrogen-bond acceptors (Lipinski definition) is 3. The molecule has 3 rings (SSSR count). The van der Waals surface area contributed by atoms with Gasteiger partial charge in [-0.1, -0.05) is 31.2 Å². The van der Waals surface area contributed by atoms with Gasteiger partial charge in [-0.15, -0.1) is 11.3 Å². The lowest BCUT2D eigenvalue weighted by molar-refractivity contribution is 0.0787. The molecular formula is C19H20N2OS. The molecule has 3 nitrogen and oxygen atoms in total. The standard InChI is InChI=1S/C19H20N2OS/c1-4-16-13(2)18(15-9-5-6-10-17(15)20-16)19(22)21(3)12-14-8-7-11-23-14/h5-11H,4,12H2,1-3H3. The molecule has 2 heterocycles. The second kappa shape index (κ2) is 6.50. The van der Waals surface area contributed by atoms with Gasteiger partial charge in [-0.3, -0.25) is 9.78 Å². The fourth-order valence-electron chi connectivity index (χ4n) is 2.88. The number of amides is 1. The van der Waals surface area contributed by atoms with Gasteiger partial charge in [0.15, 0.2) is 0 Å². The molecule has 0 bridgehead atoms. The zero-order chi connectivity index (χ0) is 16.4. The average molecular weight is 324 g/mol. The van der Waals surface area contributed by atoms with E-state index >= 15 is 0 Å². The van der Waals surface area contributed by atoms with E-state index in [0.717, 1.165) is 34.1 Å². The second-order valence-electron chi connectivity index (χ2n) is 5.67. The highest BCUT2D eigenvalue weighted by Gasteiger charge is 2.20. The summed E-state index contributed by atoms with van der Waals surface area (Å²) >= 11 is 1.67. The van der Waals surface area contributed by atoms with E-state index in [1.165, 1.54) is 4.88 Å². The van der Waals surface area contributed by atoms with Gasteiger partial charge in [0.05, 0.1) is 17.6 Å². The van der Waals surface area contributed by atoms with Gasteiger partial charge in [0, 0.05) is 23.0 Å². The van der Waals surface area contributed by atoms with Gasteiger partial charge < -0.3 is 4.90 Å². The van der Waals surface area contributed by atoms with Crippen molar-refractivity contribution in [2.45, 2.75) is 26.8 Å². The molecule has 1 aromatic carbocycles. The highest BCUT2D eigenvalue weighted by atomic mass is 32.1. The Morgan fingerprint density at radius 1 is 1.22 bits per heavy atom. The average Bonchev–Trinajstić information content (AvgIpc) is 3.06. The van der Waals surface area contributed by atoms with E-state index < -0.39 is 0 Å². The van der Waals surface area contributed by atoms with Gasteiger partial charge in [0.1, 0.15) is 0 Å². The van der Waals surface area contributed by atoms with Crippen LogP contribution in [0.2, 0.25) is 0 Å². The van der Waals surface area contributed by atoms with Crippen molar-refractivity contribution in [1.82, 2.24) is 9.88 Å². The highest BCUT2D eigenvalue weighted by Crippen LogP contribution is 2.25. The Balaban J connectivity index is 2.06. The van der Waals surface area contributed by atoms with E-state index in [0.29, 0.717) is 6.54 Å². The molecule has 0 N–H and O–H groups in total. The fourth-order valence-corrected chi connectivity index (χ4v) is 3.63. The van der Waals surface area contributed by atoms with Crippen molar-refractivity contribution in [3.8, 4) is 0 Å². The van der Waals surface area contributed by atoms with Crippen LogP contribution in [-0.2, 0) is 13.0 Å². The first-order chi connectivity index (χ1) is 11.1. The first-order valence-corrected chi connectivity index (χ1v) is 8.65. The van der Waals surface area contributed by atoms with Crippen LogP contribution in [-0.4, -0.2) is 22.8 Å². The zero-order valence-electron chi connectivity index (χ0n) is 13.7. The molecule has 0 saturated heterocycles. The fraction of sp³-hybridized carbons (Fsp3) is 0.263. The van der Waals surface area contributed by atoms with Crippen molar-refractivity contribution in [3.63, 3.8) is 0 Å². The Morgan fingerprint density at radius 2 is 2.00 bits per heavy atom. The lowest BCUT2D eigenvalue weighted by Crippen LogP contribution is -2.27. The summed E-state index contributed by atoms with van der Waals surface area (Å²) in [5.41, 5.74) is 3.67. The summed E-state index contributed by atoms with van der Waals surface area (Å²) in [4.78, 5) is 20.8. The lowest BCUT2D eigenvalue weighted by atomic mass is 9.99. The SMILES string of the molecule is CCc1nc2ccccc2c(C(=O)N(C)Cc2cccs2)c1C. The molecule has 0 saturated carbocycles. The smallest absolute Gasteiger partial charge is 0.254 e. The molecule has 0 radical (unpaired) electrons. The van der Waals surface area contributed by atoms with E-state index in [2.05, 4.69) is 13.0 Å². The number of thiophene rings is 1. The van der Waals surface area contributed by atoms with Gasteiger partial charge in [-0.05, 0) is 36.4 Å². The van der Waals surface area contributed by atoms with Crippen LogP contribution in [0.5, 0.6) is 0 Å². The normalized spacial score (nSPS) is 10.9. The molecule has 0 fully saturated rings. The van der Waals surface area contributed by atoms with Crippen LogP contribution in [0, 0.1) is 6.92 Å². The molecule has 4 heteroatoms. The maximum Gasteiger partial charge on any atom is 0.254 e. The lowest BCUT2D eigenvalue weighted by Gasteiger charge is -2.20. The minimum atomic E-state index is 0.0594. The number of fused-ring (bicyclic) bond motifs is 1. The molecule has 0 spiro atoms. The van der Waals surface area contributed by atoms with Crippen LogP contribution < -0.4 is 0 Å². The topological polar surface area (TPSA) is 33.2 Å². The Labute approximate surface area is 140 Å². The number of carbonyl (C=O) groups excluding carboxylic acids is 1. The van der Waals surface area contributed by atoms with E-state index in [9.17, 15) is 4.79 Å². The molecule has 0 aliphatic heterocycles. The Hall–Kier alpha value is -2.20. The highest BCUT2D eigenvalue weighted by molar-refractivity contribution is 7.09. The molecule has 0 atom stereocenters. The van der Waals surface area contributed by atoms with Crippen LogP contribution in [0.15, 0.2) is 41.8 Å². The number of hydrogen-bond donors (Lipinski definition) is 0. The van der Waals surface area contributed by atoms with Crippen molar-refractivity contribution in [3.05, 3.63) is 63.5 Å². The summed E-state index contributed by atoms with van der Waals surface area (Å²) in [7, 11) is 1.86. The molecule has 3 aromatic rings. The van der Waals surface area contributed by atoms with Crippen LogP contribution in [0.25, 0.3) is 10.9 Å². The predicted octanol–water partition coefficient (Wildman–Crippen LogP) is 4.44. The number of aryl methyl sites for hydroxylation is 1. The van der Waals surface area contributed by atoms with Gasteiger partial charge in [0.2, 0.25) is 0 Å². The number of benzene rings is 1. The maximum atomic E-state index is 13.1. The molecule has 0 unspecified atom stereocenters. The summed E-state index contributed by atoms with van der Waals surface area (Å²) in [6.07, 6.45) is 0.825. The number of carbonyl (C=O) groups is 1. The van der Waals surface area contributed by atoms with Crippen molar-refractivity contribution in [2.75, 3.05) is 7.05 Å². The molecule has 0 aliphatic carbocycles. The Morgan fingerprint density at radius 3 is 2.70 bits per heavy atom. The third kappa shape index (κ3) is 2.99. The van der Waals surface area contributed by atoms with Crippen LogP contribution in [0.1, 0.15) is 33.4 Å². The summed E-state index contributed by atoms with van der Waals surface area (Å²) < 4.78 is 0. The van der Waals surface area contributed by atoms with Gasteiger partial charge >= 0.3 is 0 Å². The van der Waals surface area contributed by atoms with E-state index in [-0.39, 0.29) is 5.91 Å². The Kier molecular flexibility index (Phi) is 4.44. The summed E-state index contributed by atoms with van der Waals surface area (Å²) in [5.74, 6) is 0.0594. The summed E-state index contributed by atoms with van der Waals surface area (Å²) in [5, 5.41) is 2.97. The quantitative estimate of drug-likeness (QED) is 0.711. The predicted molar refractivity (Wildman–Crippen MR) is 96.0 cm³/mol. The number of nitrogens with zero attached hydrogens (tertiary/aromatic N) is 2. The van der Waals surface area contributed by atoms with E-state index in [1.807, 2.05) is 49.7 Å². The Bertz CT molecular complexity index is 840. The van der Waals surface area contributed by atoms with Crippen molar-refractivity contribution in [1.29, 1.82) is 0 Å². The van der Waals surface area contributed by atoms with Gasteiger partial charge in [-0.2, -0.15) is 0 Å². The number of rotatable bonds is 4. The first kappa shape index (κ1) is 15.7. The van der Waals surface area contributed by atoms with Crippen LogP contribution in [0.4, 0.5) is 0 Å². The number of pyridine rings is 1. The molecule has 2 aromatic heterocycles. The van der Waals surface area contributed by atoms with Crippen molar-refractivity contribution < 1.29 is 4.79 Å². The molecular weight excluding hydrogens is 304 g/mol. The summed E-state index contributed by atoms with van der Waals surface area (Å²) in [6.45, 7) is 4.71. The van der Waals surface area contributed by atoms with Crippen molar-refractivity contribution in [2.24, 2.45) is 0 Å². The zero-order valence-corrected chi connectivity index (χ0v) is 14.5. The molecule has 23 heavy (non-hydrogen) atoms. The molecule has 0 aliphatic rings. The monoisotopic (exact) mass is 324 g/mol. The van der Waals surface area contributed by atoms with Gasteiger partial charge in [0.25, 0.3) is 5.91 Å². The van der Waals surface area contributed by atoms with Crippen LogP contribution >= 0.6 is 11.3 Å².